The summed E-state index contributed by atoms with van der Waals surface area (Å²) in [5, 5.41) is 20.3. The van der Waals surface area contributed by atoms with E-state index < -0.39 is 5.97 Å². The minimum Gasteiger partial charge on any atom is -0.478 e. The van der Waals surface area contributed by atoms with E-state index in [2.05, 4.69) is 10.6 Å². The number of carboxylic acid groups (broad SMARTS) is 1. The predicted molar refractivity (Wildman–Crippen MR) is 127 cm³/mol. The molecule has 0 unspecified atom stereocenters. The van der Waals surface area contributed by atoms with Crippen LogP contribution in [0.2, 0.25) is 0 Å². The second-order valence-electron chi connectivity index (χ2n) is 7.77. The van der Waals surface area contributed by atoms with Crippen molar-refractivity contribution in [3.05, 3.63) is 70.8 Å². The normalized spacial score (nSPS) is 11.3. The fraction of sp³-hybridized carbons (Fsp3) is 0.0769. The van der Waals surface area contributed by atoms with Crippen LogP contribution in [0.25, 0.3) is 43.1 Å². The summed E-state index contributed by atoms with van der Waals surface area (Å²) in [4.78, 5) is 49.2. The van der Waals surface area contributed by atoms with Crippen molar-refractivity contribution in [1.82, 2.24) is 10.6 Å². The maximum Gasteiger partial charge on any atom is 0.336 e. The van der Waals surface area contributed by atoms with Gasteiger partial charge in [-0.05, 0) is 50.5 Å². The Morgan fingerprint density at radius 1 is 0.636 bits per heavy atom. The van der Waals surface area contributed by atoms with Crippen molar-refractivity contribution in [3.8, 4) is 0 Å². The SMILES string of the molecule is CNC(=O)c1ccc2c3ccc(C(=O)O)c4c(C(=O)NC)ccc(c5ccc(C=O)c1c25)c43. The van der Waals surface area contributed by atoms with E-state index in [0.717, 1.165) is 33.2 Å². The van der Waals surface area contributed by atoms with E-state index in [1.54, 1.807) is 42.5 Å². The number of hydrogen-bond acceptors (Lipinski definition) is 4. The van der Waals surface area contributed by atoms with Crippen molar-refractivity contribution < 1.29 is 24.3 Å². The van der Waals surface area contributed by atoms with Crippen LogP contribution in [0.15, 0.2) is 48.5 Å². The number of amides is 2. The van der Waals surface area contributed by atoms with E-state index >= 15 is 0 Å². The van der Waals surface area contributed by atoms with Crippen LogP contribution in [0.1, 0.15) is 41.4 Å². The van der Waals surface area contributed by atoms with E-state index in [4.69, 9.17) is 0 Å². The van der Waals surface area contributed by atoms with Gasteiger partial charge in [0.25, 0.3) is 11.8 Å². The third kappa shape index (κ3) is 2.69. The van der Waals surface area contributed by atoms with Crippen LogP contribution in [-0.4, -0.2) is 43.3 Å². The van der Waals surface area contributed by atoms with Gasteiger partial charge in [0.05, 0.1) is 5.56 Å². The van der Waals surface area contributed by atoms with Crippen LogP contribution >= 0.6 is 0 Å². The Labute approximate surface area is 187 Å². The molecule has 0 fully saturated rings. The van der Waals surface area contributed by atoms with Gasteiger partial charge in [-0.3, -0.25) is 14.4 Å². The number of carbonyl (C=O) groups excluding carboxylic acids is 3. The summed E-state index contributed by atoms with van der Waals surface area (Å²) in [6, 6.07) is 13.5. The summed E-state index contributed by atoms with van der Waals surface area (Å²) < 4.78 is 0. The molecule has 0 heterocycles. The van der Waals surface area contributed by atoms with Gasteiger partial charge >= 0.3 is 5.97 Å². The smallest absolute Gasteiger partial charge is 0.336 e. The Kier molecular flexibility index (Phi) is 4.49. The molecule has 2 amide bonds. The zero-order chi connectivity index (χ0) is 23.4. The zero-order valence-electron chi connectivity index (χ0n) is 17.8. The highest BCUT2D eigenvalue weighted by Gasteiger charge is 2.24. The Morgan fingerprint density at radius 2 is 1.06 bits per heavy atom. The molecule has 0 atom stereocenters. The van der Waals surface area contributed by atoms with Gasteiger partial charge in [0.2, 0.25) is 0 Å². The first-order valence-corrected chi connectivity index (χ1v) is 10.3. The van der Waals surface area contributed by atoms with Crippen molar-refractivity contribution in [2.75, 3.05) is 14.1 Å². The lowest BCUT2D eigenvalue weighted by atomic mass is 9.84. The summed E-state index contributed by atoms with van der Waals surface area (Å²) in [6.07, 6.45) is 0.725. The van der Waals surface area contributed by atoms with Crippen molar-refractivity contribution in [3.63, 3.8) is 0 Å². The van der Waals surface area contributed by atoms with Gasteiger partial charge in [0, 0.05) is 41.6 Å². The Bertz CT molecular complexity index is 1650. The fourth-order valence-corrected chi connectivity index (χ4v) is 4.84. The fourth-order valence-electron chi connectivity index (χ4n) is 4.84. The Hall–Kier alpha value is -4.52. The minimum absolute atomic E-state index is 0.0281. The van der Waals surface area contributed by atoms with Gasteiger partial charge in [0.15, 0.2) is 6.29 Å². The second kappa shape index (κ2) is 7.27. The Balaban J connectivity index is 2.12. The topological polar surface area (TPSA) is 113 Å². The van der Waals surface area contributed by atoms with Gasteiger partial charge in [-0.15, -0.1) is 0 Å². The molecule has 0 spiro atoms. The van der Waals surface area contributed by atoms with Crippen LogP contribution in [-0.2, 0) is 0 Å². The first-order chi connectivity index (χ1) is 15.9. The third-order valence-electron chi connectivity index (χ3n) is 6.23. The maximum absolute atomic E-state index is 12.6. The summed E-state index contributed by atoms with van der Waals surface area (Å²) in [7, 11) is 3.03. The molecule has 0 aromatic heterocycles. The van der Waals surface area contributed by atoms with Crippen LogP contribution in [0.3, 0.4) is 0 Å². The van der Waals surface area contributed by atoms with Gasteiger partial charge < -0.3 is 15.7 Å². The molecule has 0 aliphatic rings. The van der Waals surface area contributed by atoms with E-state index in [1.807, 2.05) is 0 Å². The minimum atomic E-state index is -1.13. The number of fused-ring (bicyclic) bond motifs is 2. The molecule has 0 radical (unpaired) electrons. The van der Waals surface area contributed by atoms with Crippen LogP contribution in [0.4, 0.5) is 0 Å². The average Bonchev–Trinajstić information content (AvgIpc) is 2.84. The highest BCUT2D eigenvalue weighted by atomic mass is 16.4. The van der Waals surface area contributed by atoms with Crippen molar-refractivity contribution in [1.29, 1.82) is 0 Å². The van der Waals surface area contributed by atoms with E-state index in [9.17, 15) is 24.3 Å². The first kappa shape index (κ1) is 20.4. The van der Waals surface area contributed by atoms with E-state index in [0.29, 0.717) is 27.3 Å². The van der Waals surface area contributed by atoms with Crippen molar-refractivity contribution >= 4 is 67.2 Å². The van der Waals surface area contributed by atoms with Crippen LogP contribution in [0.5, 0.6) is 0 Å². The van der Waals surface area contributed by atoms with Gasteiger partial charge in [-0.2, -0.15) is 0 Å². The highest BCUT2D eigenvalue weighted by Crippen LogP contribution is 2.43. The molecule has 5 rings (SSSR count). The van der Waals surface area contributed by atoms with Crippen LogP contribution in [0, 0.1) is 0 Å². The molecular formula is C26H18N2O5. The summed E-state index contributed by atoms with van der Waals surface area (Å²) in [5.41, 5.74) is 1.06. The molecule has 0 aliphatic carbocycles. The molecule has 162 valence electrons. The largest absolute Gasteiger partial charge is 0.478 e. The van der Waals surface area contributed by atoms with Gasteiger partial charge in [0.1, 0.15) is 0 Å². The summed E-state index contributed by atoms with van der Waals surface area (Å²) >= 11 is 0. The summed E-state index contributed by atoms with van der Waals surface area (Å²) in [6.45, 7) is 0. The third-order valence-corrected chi connectivity index (χ3v) is 6.23. The molecule has 7 heteroatoms. The number of aldehydes is 1. The standard InChI is InChI=1S/C26H18N2O5/c1-27-24(30)17-8-5-14-16-7-10-19(26(32)33)23-18(25(31)28-2)9-6-15(22(16)23)13-4-3-12(11-29)20(17)21(13)14/h3-11H,1-2H3,(H,27,30)(H,28,31)(H,32,33). The number of carbonyl (C=O) groups is 4. The molecule has 5 aromatic carbocycles. The molecule has 0 aliphatic heterocycles. The Morgan fingerprint density at radius 3 is 1.52 bits per heavy atom. The molecule has 0 bridgehead atoms. The average molecular weight is 438 g/mol. The molecule has 3 N–H and O–H groups in total. The number of hydrogen-bond donors (Lipinski definition) is 3. The monoisotopic (exact) mass is 438 g/mol. The number of rotatable bonds is 4. The highest BCUT2D eigenvalue weighted by molar-refractivity contribution is 6.38. The van der Waals surface area contributed by atoms with E-state index in [1.165, 1.54) is 20.2 Å². The van der Waals surface area contributed by atoms with E-state index in [-0.39, 0.29) is 22.9 Å². The number of benzene rings is 5. The predicted octanol–water partition coefficient (Wildman–Crippen LogP) is 3.97. The maximum atomic E-state index is 12.6. The zero-order valence-corrected chi connectivity index (χ0v) is 17.8. The lowest BCUT2D eigenvalue weighted by molar-refractivity contribution is 0.0698. The summed E-state index contributed by atoms with van der Waals surface area (Å²) in [5.74, 6) is -1.83. The van der Waals surface area contributed by atoms with Crippen LogP contribution < -0.4 is 10.6 Å². The molecule has 0 saturated heterocycles. The molecule has 7 nitrogen and oxygen atoms in total. The van der Waals surface area contributed by atoms with Crippen molar-refractivity contribution in [2.24, 2.45) is 0 Å². The number of aromatic carboxylic acids is 1. The molecule has 0 saturated carbocycles. The first-order valence-electron chi connectivity index (χ1n) is 10.3. The van der Waals surface area contributed by atoms with Gasteiger partial charge in [-0.25, -0.2) is 4.79 Å². The molecular weight excluding hydrogens is 420 g/mol. The molecule has 33 heavy (non-hydrogen) atoms. The number of carboxylic acids is 1. The second-order valence-corrected chi connectivity index (χ2v) is 7.77. The number of nitrogens with one attached hydrogen (secondary N) is 2. The van der Waals surface area contributed by atoms with Crippen molar-refractivity contribution in [2.45, 2.75) is 0 Å². The quantitative estimate of drug-likeness (QED) is 0.223. The lowest BCUT2D eigenvalue weighted by Crippen LogP contribution is -2.19. The lowest BCUT2D eigenvalue weighted by Gasteiger charge is -2.19. The molecule has 5 aromatic rings. The van der Waals surface area contributed by atoms with Gasteiger partial charge in [-0.1, -0.05) is 30.3 Å².